The van der Waals surface area contributed by atoms with E-state index in [4.69, 9.17) is 9.97 Å². The van der Waals surface area contributed by atoms with Crippen LogP contribution in [0.5, 0.6) is 0 Å². The minimum Gasteiger partial charge on any atom is -0.287 e. The smallest absolute Gasteiger partial charge is 0.140 e. The lowest BCUT2D eigenvalue weighted by Gasteiger charge is -2.11. The van der Waals surface area contributed by atoms with Crippen molar-refractivity contribution >= 4 is 5.65 Å². The number of pyridine rings is 1. The normalized spacial score (nSPS) is 11.1. The van der Waals surface area contributed by atoms with Gasteiger partial charge in [-0.25, -0.2) is 15.0 Å². The molecule has 0 amide bonds. The molecule has 0 bridgehead atoms. The predicted octanol–water partition coefficient (Wildman–Crippen LogP) is 7.10. The Kier molecular flexibility index (Phi) is 4.96. The lowest BCUT2D eigenvalue weighted by atomic mass is 9.99. The Labute approximate surface area is 198 Å². The summed E-state index contributed by atoms with van der Waals surface area (Å²) in [5, 5.41) is 0. The molecule has 0 saturated heterocycles. The van der Waals surface area contributed by atoms with Gasteiger partial charge in [0.25, 0.3) is 0 Å². The molecular weight excluding hydrogens is 416 g/mol. The molecule has 0 aliphatic heterocycles. The molecule has 6 aromatic rings. The van der Waals surface area contributed by atoms with Gasteiger partial charge in [0.1, 0.15) is 12.0 Å². The minimum atomic E-state index is 0.899. The Hall–Kier alpha value is -4.57. The Morgan fingerprint density at radius 2 is 1.15 bits per heavy atom. The number of aryl methyl sites for hydroxylation is 1. The second kappa shape index (κ2) is 8.41. The van der Waals surface area contributed by atoms with Crippen LogP contribution in [0.1, 0.15) is 5.69 Å². The van der Waals surface area contributed by atoms with Gasteiger partial charge in [-0.2, -0.15) is 0 Å². The first-order valence-electron chi connectivity index (χ1n) is 11.3. The lowest BCUT2D eigenvalue weighted by molar-refractivity contribution is 1.04. The highest BCUT2D eigenvalue weighted by Crippen LogP contribution is 2.31. The van der Waals surface area contributed by atoms with Crippen molar-refractivity contribution < 1.29 is 0 Å². The van der Waals surface area contributed by atoms with Gasteiger partial charge in [-0.05, 0) is 36.2 Å². The first-order chi connectivity index (χ1) is 16.8. The summed E-state index contributed by atoms with van der Waals surface area (Å²) in [7, 11) is 0. The van der Waals surface area contributed by atoms with Gasteiger partial charge in [-0.1, -0.05) is 84.9 Å². The standard InChI is InChI=1S/C30H22N4/c1-21-30(33-29-16-17-31-20-34(21)29)25-14-12-24(13-15-25)28-19-26(22-8-4-2-5-9-22)18-27(32-28)23-10-6-3-7-11-23/h2-20H,1H3. The molecule has 34 heavy (non-hydrogen) atoms. The molecule has 3 aromatic heterocycles. The van der Waals surface area contributed by atoms with E-state index in [0.29, 0.717) is 0 Å². The van der Waals surface area contributed by atoms with Gasteiger partial charge in [0.15, 0.2) is 0 Å². The molecule has 0 aliphatic rings. The highest BCUT2D eigenvalue weighted by molar-refractivity contribution is 5.77. The largest absolute Gasteiger partial charge is 0.287 e. The second-order valence-corrected chi connectivity index (χ2v) is 8.29. The molecule has 0 aliphatic carbocycles. The molecule has 6 rings (SSSR count). The molecular formula is C30H22N4. The van der Waals surface area contributed by atoms with Gasteiger partial charge >= 0.3 is 0 Å². The summed E-state index contributed by atoms with van der Waals surface area (Å²) in [5.41, 5.74) is 10.4. The van der Waals surface area contributed by atoms with E-state index in [2.05, 4.69) is 84.7 Å². The second-order valence-electron chi connectivity index (χ2n) is 8.29. The summed E-state index contributed by atoms with van der Waals surface area (Å²) in [6.07, 6.45) is 3.57. The molecule has 4 nitrogen and oxygen atoms in total. The summed E-state index contributed by atoms with van der Waals surface area (Å²) in [4.78, 5) is 14.0. The molecule has 0 fully saturated rings. The van der Waals surface area contributed by atoms with Crippen molar-refractivity contribution in [3.05, 3.63) is 121 Å². The van der Waals surface area contributed by atoms with Crippen LogP contribution in [0, 0.1) is 6.92 Å². The van der Waals surface area contributed by atoms with Crippen LogP contribution in [-0.4, -0.2) is 19.4 Å². The van der Waals surface area contributed by atoms with Crippen LogP contribution in [0.3, 0.4) is 0 Å². The van der Waals surface area contributed by atoms with Crippen LogP contribution in [0.2, 0.25) is 0 Å². The first kappa shape index (κ1) is 20.1. The maximum absolute atomic E-state index is 5.03. The molecule has 3 aromatic carbocycles. The van der Waals surface area contributed by atoms with Crippen molar-refractivity contribution in [3.63, 3.8) is 0 Å². The Bertz CT molecular complexity index is 1530. The lowest BCUT2D eigenvalue weighted by Crippen LogP contribution is -1.91. The Morgan fingerprint density at radius 3 is 1.79 bits per heavy atom. The Morgan fingerprint density at radius 1 is 0.559 bits per heavy atom. The van der Waals surface area contributed by atoms with Crippen molar-refractivity contribution in [2.75, 3.05) is 0 Å². The van der Waals surface area contributed by atoms with Crippen molar-refractivity contribution in [3.8, 4) is 44.9 Å². The summed E-state index contributed by atoms with van der Waals surface area (Å²) < 4.78 is 2.01. The number of imidazole rings is 1. The zero-order chi connectivity index (χ0) is 22.9. The van der Waals surface area contributed by atoms with Crippen molar-refractivity contribution in [1.82, 2.24) is 19.4 Å². The Balaban J connectivity index is 1.44. The van der Waals surface area contributed by atoms with Gasteiger partial charge in [0.2, 0.25) is 0 Å². The van der Waals surface area contributed by atoms with E-state index in [-0.39, 0.29) is 0 Å². The van der Waals surface area contributed by atoms with E-state index in [0.717, 1.165) is 50.7 Å². The van der Waals surface area contributed by atoms with Crippen LogP contribution in [0.4, 0.5) is 0 Å². The molecule has 0 spiro atoms. The van der Waals surface area contributed by atoms with Crippen molar-refractivity contribution in [2.24, 2.45) is 0 Å². The predicted molar refractivity (Wildman–Crippen MR) is 137 cm³/mol. The highest BCUT2D eigenvalue weighted by atomic mass is 15.1. The molecule has 3 heterocycles. The number of hydrogen-bond acceptors (Lipinski definition) is 3. The average Bonchev–Trinajstić information content (AvgIpc) is 3.26. The van der Waals surface area contributed by atoms with E-state index in [1.54, 1.807) is 12.5 Å². The van der Waals surface area contributed by atoms with Crippen LogP contribution < -0.4 is 0 Å². The number of fused-ring (bicyclic) bond motifs is 1. The number of rotatable bonds is 4. The average molecular weight is 439 g/mol. The topological polar surface area (TPSA) is 43.1 Å². The summed E-state index contributed by atoms with van der Waals surface area (Å²) in [5.74, 6) is 0. The zero-order valence-corrected chi connectivity index (χ0v) is 18.8. The first-order valence-corrected chi connectivity index (χ1v) is 11.3. The van der Waals surface area contributed by atoms with E-state index >= 15 is 0 Å². The molecule has 0 atom stereocenters. The van der Waals surface area contributed by atoms with E-state index in [9.17, 15) is 0 Å². The fourth-order valence-electron chi connectivity index (χ4n) is 4.32. The fourth-order valence-corrected chi connectivity index (χ4v) is 4.32. The molecule has 0 radical (unpaired) electrons. The number of hydrogen-bond donors (Lipinski definition) is 0. The minimum absolute atomic E-state index is 0.899. The van der Waals surface area contributed by atoms with Gasteiger partial charge in [-0.15, -0.1) is 0 Å². The number of benzene rings is 3. The molecule has 0 N–H and O–H groups in total. The zero-order valence-electron chi connectivity index (χ0n) is 18.8. The van der Waals surface area contributed by atoms with Crippen LogP contribution in [-0.2, 0) is 0 Å². The van der Waals surface area contributed by atoms with Gasteiger partial charge in [0.05, 0.1) is 17.1 Å². The van der Waals surface area contributed by atoms with E-state index < -0.39 is 0 Å². The SMILES string of the molecule is Cc1c(-c2ccc(-c3cc(-c4ccccc4)cc(-c4ccccc4)n3)cc2)nc2ccncn12. The van der Waals surface area contributed by atoms with Crippen molar-refractivity contribution in [2.45, 2.75) is 6.92 Å². The van der Waals surface area contributed by atoms with E-state index in [1.165, 1.54) is 5.56 Å². The third-order valence-corrected chi connectivity index (χ3v) is 6.13. The quantitative estimate of drug-likeness (QED) is 0.295. The monoisotopic (exact) mass is 438 g/mol. The van der Waals surface area contributed by atoms with Gasteiger partial charge in [0, 0.05) is 28.6 Å². The molecule has 162 valence electrons. The third kappa shape index (κ3) is 3.65. The molecule has 0 saturated carbocycles. The van der Waals surface area contributed by atoms with Crippen molar-refractivity contribution in [1.29, 1.82) is 0 Å². The fraction of sp³-hybridized carbons (Fsp3) is 0.0333. The number of nitrogens with zero attached hydrogens (tertiary/aromatic N) is 4. The van der Waals surface area contributed by atoms with E-state index in [1.807, 2.05) is 34.7 Å². The molecule has 4 heteroatoms. The van der Waals surface area contributed by atoms with Crippen LogP contribution >= 0.6 is 0 Å². The summed E-state index contributed by atoms with van der Waals surface area (Å²) in [6, 6.07) is 35.5. The summed E-state index contributed by atoms with van der Waals surface area (Å²) in [6.45, 7) is 2.07. The maximum atomic E-state index is 5.03. The van der Waals surface area contributed by atoms with Crippen LogP contribution in [0.15, 0.2) is 116 Å². The third-order valence-electron chi connectivity index (χ3n) is 6.13. The summed E-state index contributed by atoms with van der Waals surface area (Å²) >= 11 is 0. The van der Waals surface area contributed by atoms with Crippen LogP contribution in [0.25, 0.3) is 50.5 Å². The number of aromatic nitrogens is 4. The maximum Gasteiger partial charge on any atom is 0.140 e. The van der Waals surface area contributed by atoms with Gasteiger partial charge in [-0.3, -0.25) is 4.40 Å². The van der Waals surface area contributed by atoms with Gasteiger partial charge < -0.3 is 0 Å². The molecule has 0 unspecified atom stereocenters. The highest BCUT2D eigenvalue weighted by Gasteiger charge is 2.12.